The third kappa shape index (κ3) is 14.5. The fraction of sp³-hybridized carbons (Fsp3) is 0.0370. The smallest absolute Gasteiger partial charge is 0.164 e. The molecule has 0 fully saturated rings. The van der Waals surface area contributed by atoms with Crippen molar-refractivity contribution in [1.82, 2.24) is 39.9 Å². The molecule has 120 heavy (non-hydrogen) atoms. The number of benzene rings is 16. The third-order valence-electron chi connectivity index (χ3n) is 22.6. The SMILES string of the molecule is c1ccc(C(c2ccccc2)c2ccc(Oc3ccc4c(c3)-c3nc-4nc4[nH]c(nc5nc(nc6[nH]c(n3)c3ccc(Oc7ccc(C(c8ccccc8)c8ccccc8)cc7)cc63)-c3ccc(Oc6ccc(C(c7ccccc7)c7ccccc7)cc6)cc3-5)c3ccc(Oc5ccc(C(c6ccccc6)c6ccccc6)cc5)cc43)cc2)cc1. The highest BCUT2D eigenvalue weighted by atomic mass is 16.5. The van der Waals surface area contributed by atoms with Crippen molar-refractivity contribution in [2.24, 2.45) is 0 Å². The summed E-state index contributed by atoms with van der Waals surface area (Å²) in [5.74, 6) is 6.71. The summed E-state index contributed by atoms with van der Waals surface area (Å²) in [5, 5.41) is 2.98. The Morgan fingerprint density at radius 2 is 0.350 bits per heavy atom. The van der Waals surface area contributed by atoms with Crippen molar-refractivity contribution in [2.75, 3.05) is 0 Å². The predicted molar refractivity (Wildman–Crippen MR) is 477 cm³/mol. The third-order valence-corrected chi connectivity index (χ3v) is 22.6. The number of aromatic nitrogens is 8. The number of hydrogen-bond donors (Lipinski definition) is 2. The van der Waals surface area contributed by atoms with Crippen LogP contribution in [-0.4, -0.2) is 39.9 Å². The maximum Gasteiger partial charge on any atom is 0.164 e. The van der Waals surface area contributed by atoms with Crippen molar-refractivity contribution in [3.05, 3.63) is 479 Å². The molecule has 570 valence electrons. The van der Waals surface area contributed by atoms with Crippen LogP contribution in [0.4, 0.5) is 0 Å². The number of fused-ring (bicyclic) bond motifs is 20. The fourth-order valence-electron chi connectivity index (χ4n) is 16.9. The fourth-order valence-corrected chi connectivity index (χ4v) is 16.9. The topological polar surface area (TPSA) is 146 Å². The normalized spacial score (nSPS) is 11.6. The van der Waals surface area contributed by atoms with Gasteiger partial charge in [0, 0.05) is 67.5 Å². The van der Waals surface area contributed by atoms with Crippen LogP contribution in [0.2, 0.25) is 0 Å². The molecule has 2 N–H and O–H groups in total. The van der Waals surface area contributed by atoms with Gasteiger partial charge in [-0.05, 0) is 188 Å². The molecule has 5 heterocycles. The van der Waals surface area contributed by atoms with Gasteiger partial charge in [-0.25, -0.2) is 29.9 Å². The lowest BCUT2D eigenvalue weighted by molar-refractivity contribution is 0.482. The lowest BCUT2D eigenvalue weighted by atomic mass is 9.85. The molecule has 12 heteroatoms. The summed E-state index contributed by atoms with van der Waals surface area (Å²) in [4.78, 5) is 40.2. The first kappa shape index (κ1) is 71.8. The zero-order chi connectivity index (χ0) is 79.7. The summed E-state index contributed by atoms with van der Waals surface area (Å²) in [6, 6.07) is 142. The Balaban J connectivity index is 0.705. The van der Waals surface area contributed by atoms with Gasteiger partial charge in [0.1, 0.15) is 68.6 Å². The van der Waals surface area contributed by atoms with E-state index in [1.54, 1.807) is 0 Å². The molecule has 2 aliphatic heterocycles. The lowest BCUT2D eigenvalue weighted by Gasteiger charge is -2.19. The van der Waals surface area contributed by atoms with Crippen molar-refractivity contribution in [1.29, 1.82) is 0 Å². The number of aromatic amines is 2. The van der Waals surface area contributed by atoms with Gasteiger partial charge in [-0.15, -0.1) is 0 Å². The number of ether oxygens (including phenoxy) is 4. The van der Waals surface area contributed by atoms with E-state index in [1.807, 2.05) is 121 Å². The summed E-state index contributed by atoms with van der Waals surface area (Å²) in [7, 11) is 0. The molecule has 21 rings (SSSR count). The van der Waals surface area contributed by atoms with Crippen molar-refractivity contribution >= 4 is 44.1 Å². The molecule has 0 saturated heterocycles. The minimum absolute atomic E-state index is 0.0188. The van der Waals surface area contributed by atoms with Gasteiger partial charge in [-0.3, -0.25) is 0 Å². The zero-order valence-electron chi connectivity index (χ0n) is 64.9. The van der Waals surface area contributed by atoms with E-state index in [2.05, 4.69) is 301 Å². The van der Waals surface area contributed by atoms with Crippen LogP contribution in [0.15, 0.2) is 413 Å². The van der Waals surface area contributed by atoms with Crippen molar-refractivity contribution < 1.29 is 18.9 Å². The molecule has 0 aliphatic carbocycles. The molecular weight excluding hydrogens is 1470 g/mol. The van der Waals surface area contributed by atoms with E-state index in [4.69, 9.17) is 48.9 Å². The van der Waals surface area contributed by atoms with Gasteiger partial charge < -0.3 is 28.9 Å². The average molecular weight is 1550 g/mol. The average Bonchev–Trinajstić information content (AvgIpc) is 1.59. The molecule has 8 bridgehead atoms. The Hall–Kier alpha value is -15.9. The van der Waals surface area contributed by atoms with Gasteiger partial charge in [-0.1, -0.05) is 291 Å². The molecule has 0 saturated carbocycles. The first-order valence-electron chi connectivity index (χ1n) is 40.3. The molecule has 0 atom stereocenters. The number of H-pyrrole nitrogens is 2. The Labute approximate surface area is 693 Å². The van der Waals surface area contributed by atoms with E-state index < -0.39 is 0 Å². The minimum atomic E-state index is 0.0188. The van der Waals surface area contributed by atoms with Crippen LogP contribution in [0.3, 0.4) is 0 Å². The highest BCUT2D eigenvalue weighted by molar-refractivity contribution is 6.07. The summed E-state index contributed by atoms with van der Waals surface area (Å²) < 4.78 is 27.4. The van der Waals surface area contributed by atoms with Gasteiger partial charge in [0.25, 0.3) is 0 Å². The Morgan fingerprint density at radius 1 is 0.158 bits per heavy atom. The van der Waals surface area contributed by atoms with Crippen LogP contribution in [0, 0.1) is 0 Å². The van der Waals surface area contributed by atoms with Crippen molar-refractivity contribution in [3.8, 4) is 91.5 Å². The van der Waals surface area contributed by atoms with Crippen LogP contribution in [0.25, 0.3) is 89.7 Å². The quantitative estimate of drug-likeness (QED) is 0.0707. The van der Waals surface area contributed by atoms with Gasteiger partial charge in [0.2, 0.25) is 0 Å². The largest absolute Gasteiger partial charge is 0.457 e. The van der Waals surface area contributed by atoms with Gasteiger partial charge in [0.05, 0.1) is 0 Å². The molecule has 19 aromatic rings. The van der Waals surface area contributed by atoms with Crippen molar-refractivity contribution in [2.45, 2.75) is 23.7 Å². The summed E-state index contributed by atoms with van der Waals surface area (Å²) in [5.41, 5.74) is 19.0. The van der Waals surface area contributed by atoms with Crippen LogP contribution in [-0.2, 0) is 0 Å². The zero-order valence-corrected chi connectivity index (χ0v) is 64.9. The second kappa shape index (κ2) is 31.7. The van der Waals surface area contributed by atoms with Crippen LogP contribution in [0.1, 0.15) is 90.4 Å². The first-order chi connectivity index (χ1) is 59.4. The molecule has 0 radical (unpaired) electrons. The Bertz CT molecular complexity index is 6520. The second-order valence-corrected chi connectivity index (χ2v) is 30.1. The molecule has 3 aromatic heterocycles. The highest BCUT2D eigenvalue weighted by Crippen LogP contribution is 2.45. The maximum atomic E-state index is 6.84. The van der Waals surface area contributed by atoms with Crippen LogP contribution >= 0.6 is 0 Å². The number of nitrogens with zero attached hydrogens (tertiary/aromatic N) is 6. The van der Waals surface area contributed by atoms with Crippen LogP contribution < -0.4 is 18.9 Å². The highest BCUT2D eigenvalue weighted by Gasteiger charge is 2.27. The standard InChI is InChI=1S/C108H74N8O4/c1-9-25-69(26-10-1)97(70-27-11-2-12-28-70)77-41-49-81(50-42-77)117-85-57-61-89-93(65-85)105-109-101(89)114-106-95-67-87(119-83-53-45-79(46-54-83)99(73-33-17-5-18-34-73)74-35-19-6-20-36-74)59-63-91(95)103(111-106)116-108-96-68-88(120-84-55-47-80(48-56-84)100(75-37-21-7-22-38-75)76-39-23-8-24-40-76)60-64-92(96)104(112-108)115-107-94-66-86(58-62-90(94)102(110-107)113-105)118-82-51-43-78(44-52-82)98(71-29-13-3-14-30-71)72-31-15-4-16-32-72/h1-68,97-100H,(H2,109,110,111,112,113,114,115,116). The second-order valence-electron chi connectivity index (χ2n) is 30.1. The summed E-state index contributed by atoms with van der Waals surface area (Å²) in [6.45, 7) is 0. The van der Waals surface area contributed by atoms with Crippen molar-refractivity contribution in [3.63, 3.8) is 0 Å². The molecule has 16 aromatic carbocycles. The van der Waals surface area contributed by atoms with Crippen LogP contribution in [0.5, 0.6) is 46.0 Å². The molecule has 2 aliphatic rings. The number of rotatable bonds is 20. The van der Waals surface area contributed by atoms with Gasteiger partial charge in [0.15, 0.2) is 23.3 Å². The summed E-state index contributed by atoms with van der Waals surface area (Å²) in [6.07, 6.45) is 0. The van der Waals surface area contributed by atoms with E-state index in [0.717, 1.165) is 54.9 Å². The van der Waals surface area contributed by atoms with Gasteiger partial charge >= 0.3 is 0 Å². The van der Waals surface area contributed by atoms with E-state index in [-0.39, 0.29) is 23.7 Å². The molecule has 0 spiro atoms. The molecular formula is C108H74N8O4. The van der Waals surface area contributed by atoms with E-state index in [9.17, 15) is 0 Å². The Morgan fingerprint density at radius 3 is 0.592 bits per heavy atom. The lowest BCUT2D eigenvalue weighted by Crippen LogP contribution is -2.03. The number of hydrogen-bond acceptors (Lipinski definition) is 10. The molecule has 0 amide bonds. The Kier molecular flexibility index (Phi) is 19.0. The molecule has 0 unspecified atom stereocenters. The maximum absolute atomic E-state index is 6.84. The monoisotopic (exact) mass is 1550 g/mol. The first-order valence-corrected chi connectivity index (χ1v) is 40.3. The van der Waals surface area contributed by atoms with E-state index in [1.165, 1.54) is 44.5 Å². The van der Waals surface area contributed by atoms with E-state index >= 15 is 0 Å². The summed E-state index contributed by atoms with van der Waals surface area (Å²) >= 11 is 0. The van der Waals surface area contributed by atoms with E-state index in [0.29, 0.717) is 103 Å². The molecule has 12 nitrogen and oxygen atoms in total. The van der Waals surface area contributed by atoms with Gasteiger partial charge in [-0.2, -0.15) is 0 Å². The predicted octanol–water partition coefficient (Wildman–Crippen LogP) is 26.8. The number of nitrogens with one attached hydrogen (secondary N) is 2. The minimum Gasteiger partial charge on any atom is -0.457 e.